The van der Waals surface area contributed by atoms with Crippen molar-refractivity contribution in [3.8, 4) is 11.5 Å². The van der Waals surface area contributed by atoms with Crippen molar-refractivity contribution < 1.29 is 14.3 Å². The summed E-state index contributed by atoms with van der Waals surface area (Å²) in [7, 11) is 1.54. The van der Waals surface area contributed by atoms with Crippen LogP contribution < -0.4 is 20.5 Å². The highest BCUT2D eigenvalue weighted by Gasteiger charge is 2.10. The number of nitrogen functional groups attached to an aromatic ring is 1. The van der Waals surface area contributed by atoms with Crippen molar-refractivity contribution in [1.29, 1.82) is 0 Å². The van der Waals surface area contributed by atoms with E-state index in [9.17, 15) is 4.79 Å². The molecule has 0 fully saturated rings. The van der Waals surface area contributed by atoms with E-state index in [0.29, 0.717) is 47.3 Å². The van der Waals surface area contributed by atoms with E-state index >= 15 is 0 Å². The maximum absolute atomic E-state index is 12.1. The highest BCUT2D eigenvalue weighted by atomic mass is 35.5. The molecule has 0 saturated carbocycles. The zero-order valence-corrected chi connectivity index (χ0v) is 14.5. The van der Waals surface area contributed by atoms with Crippen LogP contribution in [0.4, 0.5) is 11.4 Å². The number of aryl methyl sites for hydroxylation is 1. The number of carbonyl (C=O) groups is 1. The average molecular weight is 349 g/mol. The summed E-state index contributed by atoms with van der Waals surface area (Å²) in [6, 6.07) is 10.8. The summed E-state index contributed by atoms with van der Waals surface area (Å²) in [4.78, 5) is 12.1. The van der Waals surface area contributed by atoms with Gasteiger partial charge in [-0.3, -0.25) is 4.79 Å². The summed E-state index contributed by atoms with van der Waals surface area (Å²) in [6.07, 6.45) is 0.909. The first-order chi connectivity index (χ1) is 11.5. The molecule has 0 bridgehead atoms. The molecule has 2 rings (SSSR count). The van der Waals surface area contributed by atoms with Gasteiger partial charge in [-0.25, -0.2) is 0 Å². The Labute approximate surface area is 146 Å². The number of benzene rings is 2. The average Bonchev–Trinajstić information content (AvgIpc) is 2.56. The van der Waals surface area contributed by atoms with Gasteiger partial charge in [0, 0.05) is 17.5 Å². The number of amides is 1. The van der Waals surface area contributed by atoms with Crippen LogP contribution in [0.25, 0.3) is 0 Å². The van der Waals surface area contributed by atoms with Gasteiger partial charge in [0.1, 0.15) is 11.5 Å². The minimum atomic E-state index is -0.111. The highest BCUT2D eigenvalue weighted by Crippen LogP contribution is 2.31. The van der Waals surface area contributed by atoms with Crippen molar-refractivity contribution in [2.24, 2.45) is 0 Å². The second kappa shape index (κ2) is 8.45. The molecule has 2 aromatic rings. The smallest absolute Gasteiger partial charge is 0.224 e. The minimum Gasteiger partial charge on any atom is -0.495 e. The maximum Gasteiger partial charge on any atom is 0.224 e. The van der Waals surface area contributed by atoms with Gasteiger partial charge in [-0.15, -0.1) is 0 Å². The van der Waals surface area contributed by atoms with Gasteiger partial charge in [0.05, 0.1) is 25.1 Å². The SMILES string of the molecule is COc1cc(Cl)c(C)cc1NC(=O)CCCOc1ccccc1N. The van der Waals surface area contributed by atoms with E-state index in [2.05, 4.69) is 5.32 Å². The Kier molecular flexibility index (Phi) is 6.32. The first kappa shape index (κ1) is 17.9. The van der Waals surface area contributed by atoms with Crippen molar-refractivity contribution >= 4 is 28.9 Å². The zero-order valence-electron chi connectivity index (χ0n) is 13.8. The van der Waals surface area contributed by atoms with Crippen LogP contribution in [0.15, 0.2) is 36.4 Å². The summed E-state index contributed by atoms with van der Waals surface area (Å²) in [5.41, 5.74) is 7.86. The standard InChI is InChI=1S/C18H21ClN2O3/c1-12-10-15(17(23-2)11-13(12)19)21-18(22)8-5-9-24-16-7-4-3-6-14(16)20/h3-4,6-7,10-11H,5,8-9,20H2,1-2H3,(H,21,22). The van der Waals surface area contributed by atoms with Crippen LogP contribution in [0.3, 0.4) is 0 Å². The molecule has 6 heteroatoms. The first-order valence-corrected chi connectivity index (χ1v) is 8.00. The van der Waals surface area contributed by atoms with Gasteiger partial charge < -0.3 is 20.5 Å². The molecule has 0 spiro atoms. The molecule has 24 heavy (non-hydrogen) atoms. The lowest BCUT2D eigenvalue weighted by Gasteiger charge is -2.12. The lowest BCUT2D eigenvalue weighted by atomic mass is 10.2. The molecular weight excluding hydrogens is 328 g/mol. The Hall–Kier alpha value is -2.40. The summed E-state index contributed by atoms with van der Waals surface area (Å²) >= 11 is 6.06. The van der Waals surface area contributed by atoms with Crippen molar-refractivity contribution in [2.45, 2.75) is 19.8 Å². The van der Waals surface area contributed by atoms with E-state index in [4.69, 9.17) is 26.8 Å². The Balaban J connectivity index is 1.84. The van der Waals surface area contributed by atoms with E-state index in [1.807, 2.05) is 19.1 Å². The van der Waals surface area contributed by atoms with Gasteiger partial charge in [0.25, 0.3) is 0 Å². The number of nitrogens with two attached hydrogens (primary N) is 1. The topological polar surface area (TPSA) is 73.6 Å². The van der Waals surface area contributed by atoms with Gasteiger partial charge in [-0.05, 0) is 37.1 Å². The number of rotatable bonds is 7. The number of carbonyl (C=O) groups excluding carboxylic acids is 1. The molecule has 0 heterocycles. The monoisotopic (exact) mass is 348 g/mol. The fourth-order valence-corrected chi connectivity index (χ4v) is 2.32. The molecule has 128 valence electrons. The Morgan fingerprint density at radius 3 is 2.71 bits per heavy atom. The third-order valence-electron chi connectivity index (χ3n) is 3.48. The largest absolute Gasteiger partial charge is 0.495 e. The fraction of sp³-hybridized carbons (Fsp3) is 0.278. The van der Waals surface area contributed by atoms with Crippen molar-refractivity contribution in [1.82, 2.24) is 0 Å². The molecule has 0 saturated heterocycles. The lowest BCUT2D eigenvalue weighted by Crippen LogP contribution is -2.14. The van der Waals surface area contributed by atoms with Crippen LogP contribution >= 0.6 is 11.6 Å². The zero-order chi connectivity index (χ0) is 17.5. The molecule has 0 aliphatic carbocycles. The van der Waals surface area contributed by atoms with E-state index in [-0.39, 0.29) is 5.91 Å². The number of ether oxygens (including phenoxy) is 2. The van der Waals surface area contributed by atoms with Gasteiger partial charge in [0.2, 0.25) is 5.91 Å². The minimum absolute atomic E-state index is 0.111. The quantitative estimate of drug-likeness (QED) is 0.585. The fourth-order valence-electron chi connectivity index (χ4n) is 2.17. The molecule has 0 radical (unpaired) electrons. The molecule has 2 aromatic carbocycles. The normalized spacial score (nSPS) is 10.3. The number of halogens is 1. The Morgan fingerprint density at radius 2 is 2.00 bits per heavy atom. The van der Waals surface area contributed by atoms with Crippen LogP contribution in [0.2, 0.25) is 5.02 Å². The predicted octanol–water partition coefficient (Wildman–Crippen LogP) is 4.04. The Morgan fingerprint density at radius 1 is 1.25 bits per heavy atom. The second-order valence-corrected chi connectivity index (χ2v) is 5.75. The van der Waals surface area contributed by atoms with Crippen LogP contribution in [-0.2, 0) is 4.79 Å². The molecule has 0 aliphatic heterocycles. The number of hydrogen-bond acceptors (Lipinski definition) is 4. The molecule has 0 aliphatic rings. The number of hydrogen-bond donors (Lipinski definition) is 2. The number of para-hydroxylation sites is 2. The van der Waals surface area contributed by atoms with E-state index in [0.717, 1.165) is 5.56 Å². The molecule has 3 N–H and O–H groups in total. The second-order valence-electron chi connectivity index (χ2n) is 5.34. The summed E-state index contributed by atoms with van der Waals surface area (Å²) in [6.45, 7) is 2.29. The van der Waals surface area contributed by atoms with Gasteiger partial charge in [-0.2, -0.15) is 0 Å². The highest BCUT2D eigenvalue weighted by molar-refractivity contribution is 6.31. The van der Waals surface area contributed by atoms with Crippen LogP contribution in [-0.4, -0.2) is 19.6 Å². The molecule has 0 atom stereocenters. The van der Waals surface area contributed by atoms with Crippen LogP contribution in [0.5, 0.6) is 11.5 Å². The number of nitrogens with one attached hydrogen (secondary N) is 1. The van der Waals surface area contributed by atoms with Crippen molar-refractivity contribution in [3.05, 3.63) is 47.0 Å². The third kappa shape index (κ3) is 4.80. The lowest BCUT2D eigenvalue weighted by molar-refractivity contribution is -0.116. The van der Waals surface area contributed by atoms with Gasteiger partial charge in [0.15, 0.2) is 0 Å². The number of methoxy groups -OCH3 is 1. The molecule has 0 aromatic heterocycles. The third-order valence-corrected chi connectivity index (χ3v) is 3.89. The summed E-state index contributed by atoms with van der Waals surface area (Å²) in [5.74, 6) is 1.06. The van der Waals surface area contributed by atoms with Crippen molar-refractivity contribution in [2.75, 3.05) is 24.8 Å². The number of anilines is 2. The molecule has 5 nitrogen and oxygen atoms in total. The maximum atomic E-state index is 12.1. The van der Waals surface area contributed by atoms with Gasteiger partial charge in [-0.1, -0.05) is 23.7 Å². The van der Waals surface area contributed by atoms with E-state index < -0.39 is 0 Å². The van der Waals surface area contributed by atoms with Crippen LogP contribution in [0, 0.1) is 6.92 Å². The summed E-state index contributed by atoms with van der Waals surface area (Å²) in [5, 5.41) is 3.43. The molecular formula is C18H21ClN2O3. The molecule has 0 unspecified atom stereocenters. The Bertz CT molecular complexity index is 719. The predicted molar refractivity (Wildman–Crippen MR) is 97.0 cm³/mol. The van der Waals surface area contributed by atoms with Gasteiger partial charge >= 0.3 is 0 Å². The first-order valence-electron chi connectivity index (χ1n) is 7.62. The molecule has 1 amide bonds. The van der Waals surface area contributed by atoms with E-state index in [1.165, 1.54) is 7.11 Å². The summed E-state index contributed by atoms with van der Waals surface area (Å²) < 4.78 is 10.8. The van der Waals surface area contributed by atoms with Crippen molar-refractivity contribution in [3.63, 3.8) is 0 Å². The van der Waals surface area contributed by atoms with Crippen LogP contribution in [0.1, 0.15) is 18.4 Å². The van der Waals surface area contributed by atoms with E-state index in [1.54, 1.807) is 24.3 Å².